The lowest BCUT2D eigenvalue weighted by atomic mass is 10.1. The number of anilines is 1. The molecule has 0 aliphatic carbocycles. The monoisotopic (exact) mass is 228 g/mol. The Kier molecular flexibility index (Phi) is 3.65. The van der Waals surface area contributed by atoms with Crippen LogP contribution in [-0.4, -0.2) is 22.0 Å². The van der Waals surface area contributed by atoms with E-state index in [1.165, 1.54) is 11.1 Å². The van der Waals surface area contributed by atoms with Crippen LogP contribution in [-0.2, 0) is 12.8 Å². The second kappa shape index (κ2) is 5.39. The summed E-state index contributed by atoms with van der Waals surface area (Å²) in [7, 11) is 1.89. The summed E-state index contributed by atoms with van der Waals surface area (Å²) in [4.78, 5) is 12.6. The Morgan fingerprint density at radius 2 is 1.94 bits per heavy atom. The van der Waals surface area contributed by atoms with Gasteiger partial charge >= 0.3 is 0 Å². The highest BCUT2D eigenvalue weighted by Gasteiger charge is 2.08. The standard InChI is InChI=1S/C13H16N4/c1-3-11-12(16-9-17-13(11)14-2)8-10-4-6-15-7-5-10/h4-7,9H,3,8H2,1-2H3,(H,14,16,17). The van der Waals surface area contributed by atoms with Crippen molar-refractivity contribution in [2.45, 2.75) is 19.8 Å². The lowest BCUT2D eigenvalue weighted by Crippen LogP contribution is -2.05. The van der Waals surface area contributed by atoms with Crippen LogP contribution in [0.2, 0.25) is 0 Å². The third-order valence-electron chi connectivity index (χ3n) is 2.75. The first kappa shape index (κ1) is 11.5. The van der Waals surface area contributed by atoms with Crippen LogP contribution in [0, 0.1) is 0 Å². The Bertz CT molecular complexity index is 482. The van der Waals surface area contributed by atoms with Gasteiger partial charge in [0.1, 0.15) is 12.1 Å². The zero-order valence-corrected chi connectivity index (χ0v) is 10.1. The second-order valence-electron chi connectivity index (χ2n) is 3.78. The molecule has 0 radical (unpaired) electrons. The number of nitrogens with zero attached hydrogens (tertiary/aromatic N) is 3. The molecule has 0 atom stereocenters. The number of nitrogens with one attached hydrogen (secondary N) is 1. The molecule has 2 rings (SSSR count). The lowest BCUT2D eigenvalue weighted by Gasteiger charge is -2.10. The predicted molar refractivity (Wildman–Crippen MR) is 68.0 cm³/mol. The Morgan fingerprint density at radius 1 is 1.18 bits per heavy atom. The summed E-state index contributed by atoms with van der Waals surface area (Å²) in [6.45, 7) is 2.12. The summed E-state index contributed by atoms with van der Waals surface area (Å²) < 4.78 is 0. The molecule has 0 unspecified atom stereocenters. The van der Waals surface area contributed by atoms with E-state index in [4.69, 9.17) is 0 Å². The van der Waals surface area contributed by atoms with E-state index in [-0.39, 0.29) is 0 Å². The SMILES string of the molecule is CCc1c(Cc2ccncc2)ncnc1NC. The first-order valence-electron chi connectivity index (χ1n) is 5.74. The molecule has 2 aromatic rings. The molecule has 4 nitrogen and oxygen atoms in total. The van der Waals surface area contributed by atoms with Gasteiger partial charge in [0.25, 0.3) is 0 Å². The third-order valence-corrected chi connectivity index (χ3v) is 2.75. The Morgan fingerprint density at radius 3 is 2.59 bits per heavy atom. The van der Waals surface area contributed by atoms with Gasteiger partial charge in [0, 0.05) is 31.4 Å². The lowest BCUT2D eigenvalue weighted by molar-refractivity contribution is 0.949. The third kappa shape index (κ3) is 2.58. The van der Waals surface area contributed by atoms with E-state index in [1.54, 1.807) is 18.7 Å². The summed E-state index contributed by atoms with van der Waals surface area (Å²) in [5, 5.41) is 3.11. The van der Waals surface area contributed by atoms with Gasteiger partial charge in [-0.1, -0.05) is 6.92 Å². The topological polar surface area (TPSA) is 50.7 Å². The molecular formula is C13H16N4. The van der Waals surface area contributed by atoms with Crippen LogP contribution in [0.25, 0.3) is 0 Å². The molecule has 4 heteroatoms. The molecule has 2 heterocycles. The van der Waals surface area contributed by atoms with E-state index in [0.29, 0.717) is 0 Å². The maximum Gasteiger partial charge on any atom is 0.132 e. The summed E-state index contributed by atoms with van der Waals surface area (Å²) in [6.07, 6.45) is 6.98. The second-order valence-corrected chi connectivity index (χ2v) is 3.78. The molecule has 0 amide bonds. The van der Waals surface area contributed by atoms with Crippen molar-refractivity contribution in [1.29, 1.82) is 0 Å². The normalized spacial score (nSPS) is 10.2. The average molecular weight is 228 g/mol. The van der Waals surface area contributed by atoms with Gasteiger partial charge in [-0.2, -0.15) is 0 Å². The van der Waals surface area contributed by atoms with E-state index in [0.717, 1.165) is 24.4 Å². The molecule has 0 spiro atoms. The van der Waals surface area contributed by atoms with Crippen LogP contribution in [0.5, 0.6) is 0 Å². The first-order chi connectivity index (χ1) is 8.35. The van der Waals surface area contributed by atoms with Gasteiger partial charge < -0.3 is 5.32 Å². The fourth-order valence-electron chi connectivity index (χ4n) is 1.88. The van der Waals surface area contributed by atoms with Crippen LogP contribution in [0.15, 0.2) is 30.9 Å². The summed E-state index contributed by atoms with van der Waals surface area (Å²) in [5.74, 6) is 0.923. The van der Waals surface area contributed by atoms with Gasteiger partial charge in [-0.25, -0.2) is 9.97 Å². The minimum absolute atomic E-state index is 0.822. The number of rotatable bonds is 4. The van der Waals surface area contributed by atoms with Crippen LogP contribution < -0.4 is 5.32 Å². The van der Waals surface area contributed by atoms with Crippen molar-refractivity contribution in [3.05, 3.63) is 47.7 Å². The van der Waals surface area contributed by atoms with Gasteiger partial charge in [0.2, 0.25) is 0 Å². The number of aromatic nitrogens is 3. The highest BCUT2D eigenvalue weighted by Crippen LogP contribution is 2.18. The molecule has 0 fully saturated rings. The molecule has 88 valence electrons. The highest BCUT2D eigenvalue weighted by molar-refractivity contribution is 5.46. The molecule has 0 aliphatic heterocycles. The molecule has 0 bridgehead atoms. The van der Waals surface area contributed by atoms with E-state index in [1.807, 2.05) is 19.2 Å². The molecule has 0 aromatic carbocycles. The molecule has 0 saturated heterocycles. The molecular weight excluding hydrogens is 212 g/mol. The minimum Gasteiger partial charge on any atom is -0.373 e. The van der Waals surface area contributed by atoms with E-state index >= 15 is 0 Å². The van der Waals surface area contributed by atoms with Crippen molar-refractivity contribution >= 4 is 5.82 Å². The van der Waals surface area contributed by atoms with Crippen molar-refractivity contribution in [2.24, 2.45) is 0 Å². The van der Waals surface area contributed by atoms with Gasteiger partial charge in [-0.3, -0.25) is 4.98 Å². The Balaban J connectivity index is 2.33. The predicted octanol–water partition coefficient (Wildman–Crippen LogP) is 2.07. The van der Waals surface area contributed by atoms with Crippen molar-refractivity contribution in [1.82, 2.24) is 15.0 Å². The Labute approximate surface area is 101 Å². The molecule has 0 saturated carbocycles. The highest BCUT2D eigenvalue weighted by atomic mass is 15.0. The van der Waals surface area contributed by atoms with Crippen LogP contribution in [0.4, 0.5) is 5.82 Å². The fraction of sp³-hybridized carbons (Fsp3) is 0.308. The molecule has 17 heavy (non-hydrogen) atoms. The van der Waals surface area contributed by atoms with E-state index in [9.17, 15) is 0 Å². The molecule has 2 aromatic heterocycles. The molecule has 0 aliphatic rings. The van der Waals surface area contributed by atoms with E-state index in [2.05, 4.69) is 27.2 Å². The van der Waals surface area contributed by atoms with Crippen molar-refractivity contribution in [3.8, 4) is 0 Å². The number of hydrogen-bond acceptors (Lipinski definition) is 4. The van der Waals surface area contributed by atoms with Crippen LogP contribution in [0.1, 0.15) is 23.7 Å². The smallest absolute Gasteiger partial charge is 0.132 e. The van der Waals surface area contributed by atoms with Crippen LogP contribution in [0.3, 0.4) is 0 Å². The van der Waals surface area contributed by atoms with E-state index < -0.39 is 0 Å². The Hall–Kier alpha value is -1.97. The van der Waals surface area contributed by atoms with Crippen molar-refractivity contribution < 1.29 is 0 Å². The summed E-state index contributed by atoms with van der Waals surface area (Å²) in [6, 6.07) is 4.03. The van der Waals surface area contributed by atoms with Crippen LogP contribution >= 0.6 is 0 Å². The first-order valence-corrected chi connectivity index (χ1v) is 5.74. The summed E-state index contributed by atoms with van der Waals surface area (Å²) in [5.41, 5.74) is 3.49. The average Bonchev–Trinajstić information content (AvgIpc) is 2.39. The number of pyridine rings is 1. The quantitative estimate of drug-likeness (QED) is 0.870. The molecule has 1 N–H and O–H groups in total. The zero-order valence-electron chi connectivity index (χ0n) is 10.1. The minimum atomic E-state index is 0.822. The van der Waals surface area contributed by atoms with Gasteiger partial charge in [0.05, 0.1) is 5.69 Å². The fourth-order valence-corrected chi connectivity index (χ4v) is 1.88. The summed E-state index contributed by atoms with van der Waals surface area (Å²) >= 11 is 0. The van der Waals surface area contributed by atoms with Gasteiger partial charge in [-0.05, 0) is 24.1 Å². The van der Waals surface area contributed by atoms with Gasteiger partial charge in [0.15, 0.2) is 0 Å². The van der Waals surface area contributed by atoms with Crippen molar-refractivity contribution in [3.63, 3.8) is 0 Å². The number of hydrogen-bond donors (Lipinski definition) is 1. The maximum atomic E-state index is 4.38. The van der Waals surface area contributed by atoms with Crippen molar-refractivity contribution in [2.75, 3.05) is 12.4 Å². The maximum absolute atomic E-state index is 4.38. The van der Waals surface area contributed by atoms with Gasteiger partial charge in [-0.15, -0.1) is 0 Å². The largest absolute Gasteiger partial charge is 0.373 e. The zero-order chi connectivity index (χ0) is 12.1.